The second-order valence-corrected chi connectivity index (χ2v) is 3.77. The van der Waals surface area contributed by atoms with Gasteiger partial charge in [-0.3, -0.25) is 0 Å². The van der Waals surface area contributed by atoms with Crippen LogP contribution in [-0.2, 0) is 0 Å². The highest BCUT2D eigenvalue weighted by molar-refractivity contribution is 6.20. The Balaban J connectivity index is 0. The van der Waals surface area contributed by atoms with Crippen molar-refractivity contribution in [2.75, 3.05) is 0 Å². The first-order valence-corrected chi connectivity index (χ1v) is 3.62. The van der Waals surface area contributed by atoms with E-state index >= 15 is 0 Å². The minimum absolute atomic E-state index is 0.306. The summed E-state index contributed by atoms with van der Waals surface area (Å²) in [5.41, 5.74) is 0. The maximum absolute atomic E-state index is 5.27. The zero-order valence-corrected chi connectivity index (χ0v) is 7.42. The molecule has 0 bridgehead atoms. The van der Waals surface area contributed by atoms with Gasteiger partial charge in [-0.1, -0.05) is 0 Å². The molecule has 0 radical (unpaired) electrons. The van der Waals surface area contributed by atoms with Crippen LogP contribution in [0.2, 0.25) is 0 Å². The van der Waals surface area contributed by atoms with Crippen molar-refractivity contribution < 1.29 is 0 Å². The lowest BCUT2D eigenvalue weighted by Crippen LogP contribution is -1.70. The molecular formula is C6H14Cl2. The first kappa shape index (κ1) is 11.4. The SMILES string of the molecule is CC(C)Cl.CC(C)Cl. The van der Waals surface area contributed by atoms with Crippen LogP contribution < -0.4 is 0 Å². The van der Waals surface area contributed by atoms with Crippen molar-refractivity contribution in [2.24, 2.45) is 0 Å². The van der Waals surface area contributed by atoms with Crippen LogP contribution in [0.4, 0.5) is 0 Å². The van der Waals surface area contributed by atoms with Crippen LogP contribution in [0.1, 0.15) is 27.7 Å². The Morgan fingerprint density at radius 3 is 0.750 bits per heavy atom. The molecule has 0 amide bonds. The Kier molecular flexibility index (Phi) is 10.8. The molecule has 0 nitrogen and oxygen atoms in total. The Hall–Kier alpha value is 0.580. The van der Waals surface area contributed by atoms with Gasteiger partial charge in [-0.2, -0.15) is 0 Å². The summed E-state index contributed by atoms with van der Waals surface area (Å²) in [5.74, 6) is 0. The van der Waals surface area contributed by atoms with Crippen LogP contribution in [0, 0.1) is 0 Å². The molecule has 0 saturated carbocycles. The predicted octanol–water partition coefficient (Wildman–Crippen LogP) is 3.27. The van der Waals surface area contributed by atoms with Crippen molar-refractivity contribution in [1.29, 1.82) is 0 Å². The van der Waals surface area contributed by atoms with Gasteiger partial charge in [0.1, 0.15) is 0 Å². The normalized spacial score (nSPS) is 9.00. The van der Waals surface area contributed by atoms with E-state index in [-0.39, 0.29) is 0 Å². The van der Waals surface area contributed by atoms with E-state index in [1.807, 2.05) is 27.7 Å². The second-order valence-electron chi connectivity index (χ2n) is 2.03. The Labute approximate surface area is 62.2 Å². The van der Waals surface area contributed by atoms with Gasteiger partial charge in [0.15, 0.2) is 0 Å². The van der Waals surface area contributed by atoms with Crippen LogP contribution in [0.3, 0.4) is 0 Å². The van der Waals surface area contributed by atoms with E-state index in [1.165, 1.54) is 0 Å². The van der Waals surface area contributed by atoms with Crippen LogP contribution in [0.5, 0.6) is 0 Å². The largest absolute Gasteiger partial charge is 0.124 e. The van der Waals surface area contributed by atoms with E-state index in [2.05, 4.69) is 0 Å². The molecule has 0 rings (SSSR count). The van der Waals surface area contributed by atoms with Crippen LogP contribution >= 0.6 is 23.2 Å². The third kappa shape index (κ3) is 609. The minimum atomic E-state index is 0.306. The molecular weight excluding hydrogens is 143 g/mol. The van der Waals surface area contributed by atoms with E-state index in [0.717, 1.165) is 0 Å². The topological polar surface area (TPSA) is 0 Å². The predicted molar refractivity (Wildman–Crippen MR) is 42.0 cm³/mol. The van der Waals surface area contributed by atoms with Crippen molar-refractivity contribution >= 4 is 23.2 Å². The van der Waals surface area contributed by atoms with E-state index in [4.69, 9.17) is 23.2 Å². The highest BCUT2D eigenvalue weighted by atomic mass is 35.5. The standard InChI is InChI=1S/2C3H7Cl/c2*1-3(2)4/h2*3H,1-2H3. The summed E-state index contributed by atoms with van der Waals surface area (Å²) >= 11 is 10.5. The van der Waals surface area contributed by atoms with Gasteiger partial charge in [-0.05, 0) is 27.7 Å². The van der Waals surface area contributed by atoms with Crippen molar-refractivity contribution in [1.82, 2.24) is 0 Å². The Morgan fingerprint density at radius 1 is 0.750 bits per heavy atom. The van der Waals surface area contributed by atoms with Crippen molar-refractivity contribution in [3.8, 4) is 0 Å². The summed E-state index contributed by atoms with van der Waals surface area (Å²) in [6.45, 7) is 7.73. The van der Waals surface area contributed by atoms with Crippen LogP contribution in [0.25, 0.3) is 0 Å². The molecule has 0 aromatic heterocycles. The fraction of sp³-hybridized carbons (Fsp3) is 1.00. The van der Waals surface area contributed by atoms with Gasteiger partial charge in [0.05, 0.1) is 0 Å². The van der Waals surface area contributed by atoms with E-state index in [1.54, 1.807) is 0 Å². The molecule has 0 aromatic carbocycles. The van der Waals surface area contributed by atoms with Gasteiger partial charge in [-0.15, -0.1) is 23.2 Å². The first-order valence-electron chi connectivity index (χ1n) is 2.75. The molecule has 0 atom stereocenters. The van der Waals surface area contributed by atoms with E-state index in [0.29, 0.717) is 10.8 Å². The van der Waals surface area contributed by atoms with Gasteiger partial charge < -0.3 is 0 Å². The third-order valence-electron chi connectivity index (χ3n) is 0. The van der Waals surface area contributed by atoms with Crippen LogP contribution in [-0.4, -0.2) is 10.8 Å². The summed E-state index contributed by atoms with van der Waals surface area (Å²) in [4.78, 5) is 0. The monoisotopic (exact) mass is 156 g/mol. The quantitative estimate of drug-likeness (QED) is 0.473. The molecule has 0 aliphatic heterocycles. The molecule has 0 aliphatic rings. The summed E-state index contributed by atoms with van der Waals surface area (Å²) in [7, 11) is 0. The lowest BCUT2D eigenvalue weighted by Gasteiger charge is -1.76. The fourth-order valence-electron chi connectivity index (χ4n) is 0. The molecule has 52 valence electrons. The summed E-state index contributed by atoms with van der Waals surface area (Å²) < 4.78 is 0. The van der Waals surface area contributed by atoms with Gasteiger partial charge >= 0.3 is 0 Å². The van der Waals surface area contributed by atoms with Gasteiger partial charge in [0, 0.05) is 10.8 Å². The maximum atomic E-state index is 5.27. The Morgan fingerprint density at radius 2 is 0.750 bits per heavy atom. The van der Waals surface area contributed by atoms with E-state index < -0.39 is 0 Å². The highest BCUT2D eigenvalue weighted by Gasteiger charge is 1.71. The number of hydrogen-bond donors (Lipinski definition) is 0. The van der Waals surface area contributed by atoms with Gasteiger partial charge in [0.25, 0.3) is 0 Å². The van der Waals surface area contributed by atoms with Crippen molar-refractivity contribution in [2.45, 2.75) is 38.4 Å². The average Bonchev–Trinajstić information content (AvgIpc) is 1.25. The van der Waals surface area contributed by atoms with Crippen molar-refractivity contribution in [3.63, 3.8) is 0 Å². The van der Waals surface area contributed by atoms with Crippen molar-refractivity contribution in [3.05, 3.63) is 0 Å². The average molecular weight is 157 g/mol. The second kappa shape index (κ2) is 7.58. The molecule has 0 N–H and O–H groups in total. The fourth-order valence-corrected chi connectivity index (χ4v) is 0. The molecule has 0 aromatic rings. The number of rotatable bonds is 0. The maximum Gasteiger partial charge on any atom is 0.0279 e. The molecule has 2 heteroatoms. The zero-order valence-electron chi connectivity index (χ0n) is 5.91. The lowest BCUT2D eigenvalue weighted by molar-refractivity contribution is 1.10. The van der Waals surface area contributed by atoms with Gasteiger partial charge in [-0.25, -0.2) is 0 Å². The molecule has 0 fully saturated rings. The lowest BCUT2D eigenvalue weighted by atomic mass is 10.6. The number of halogens is 2. The van der Waals surface area contributed by atoms with E-state index in [9.17, 15) is 0 Å². The summed E-state index contributed by atoms with van der Waals surface area (Å²) in [6, 6.07) is 0. The molecule has 8 heavy (non-hydrogen) atoms. The smallest absolute Gasteiger partial charge is 0.0279 e. The molecule has 0 aliphatic carbocycles. The molecule has 0 spiro atoms. The van der Waals surface area contributed by atoms with Gasteiger partial charge in [0.2, 0.25) is 0 Å². The zero-order chi connectivity index (χ0) is 7.15. The molecule has 0 unspecified atom stereocenters. The summed E-state index contributed by atoms with van der Waals surface area (Å²) in [6.07, 6.45) is 0. The summed E-state index contributed by atoms with van der Waals surface area (Å²) in [5, 5.41) is 0.611. The highest BCUT2D eigenvalue weighted by Crippen LogP contribution is 1.85. The molecule has 0 saturated heterocycles. The molecule has 0 heterocycles. The third-order valence-corrected chi connectivity index (χ3v) is 0. The van der Waals surface area contributed by atoms with Crippen LogP contribution in [0.15, 0.2) is 0 Å². The Bertz CT molecular complexity index is 22.0. The number of hydrogen-bond acceptors (Lipinski definition) is 0. The number of alkyl halides is 2. The minimum Gasteiger partial charge on any atom is -0.124 e. The first-order chi connectivity index (χ1) is 3.46.